The first kappa shape index (κ1) is 15.3. The number of nitrogens with one attached hydrogen (secondary N) is 1. The summed E-state index contributed by atoms with van der Waals surface area (Å²) in [6.07, 6.45) is 1.63. The lowest BCUT2D eigenvalue weighted by Gasteiger charge is -2.40. The highest BCUT2D eigenvalue weighted by Gasteiger charge is 2.31. The monoisotopic (exact) mass is 335 g/mol. The Bertz CT molecular complexity index is 519. The van der Waals surface area contributed by atoms with Gasteiger partial charge in [-0.05, 0) is 57.5 Å². The van der Waals surface area contributed by atoms with Crippen LogP contribution in [0.15, 0.2) is 22.7 Å². The average molecular weight is 336 g/mol. The van der Waals surface area contributed by atoms with Gasteiger partial charge in [0.15, 0.2) is 0 Å². The van der Waals surface area contributed by atoms with Gasteiger partial charge < -0.3 is 10.2 Å². The van der Waals surface area contributed by atoms with Gasteiger partial charge in [0.05, 0.1) is 12.5 Å². The second kappa shape index (κ2) is 6.15. The molecule has 108 valence electrons. The fourth-order valence-electron chi connectivity index (χ4n) is 2.75. The second-order valence-corrected chi connectivity index (χ2v) is 6.97. The number of benzene rings is 1. The predicted molar refractivity (Wildman–Crippen MR) is 86.9 cm³/mol. The van der Waals surface area contributed by atoms with Crippen molar-refractivity contribution >= 4 is 21.6 Å². The molecule has 0 bridgehead atoms. The van der Waals surface area contributed by atoms with Gasteiger partial charge in [0.25, 0.3) is 0 Å². The predicted octanol–water partition coefficient (Wildman–Crippen LogP) is 3.62. The van der Waals surface area contributed by atoms with Crippen LogP contribution in [0.5, 0.6) is 0 Å². The summed E-state index contributed by atoms with van der Waals surface area (Å²) in [6, 6.07) is 9.02. The summed E-state index contributed by atoms with van der Waals surface area (Å²) in [7, 11) is 0. The molecule has 0 radical (unpaired) electrons. The van der Waals surface area contributed by atoms with Crippen molar-refractivity contribution in [1.29, 1.82) is 5.26 Å². The quantitative estimate of drug-likeness (QED) is 0.897. The molecule has 1 atom stereocenters. The van der Waals surface area contributed by atoms with Crippen molar-refractivity contribution in [2.24, 2.45) is 0 Å². The molecule has 0 aromatic heterocycles. The van der Waals surface area contributed by atoms with Gasteiger partial charge in [0.2, 0.25) is 0 Å². The SMILES string of the molecule is Cc1cc(N2CC(CC#N)NCCC2(C)C)ccc1Br. The molecular weight excluding hydrogens is 314 g/mol. The molecular formula is C16H22BrN3. The number of aryl methyl sites for hydroxylation is 1. The van der Waals surface area contributed by atoms with Crippen molar-refractivity contribution in [3.63, 3.8) is 0 Å². The number of nitrogens with zero attached hydrogens (tertiary/aromatic N) is 2. The zero-order valence-electron chi connectivity index (χ0n) is 12.4. The maximum absolute atomic E-state index is 8.96. The molecule has 20 heavy (non-hydrogen) atoms. The highest BCUT2D eigenvalue weighted by Crippen LogP contribution is 2.31. The van der Waals surface area contributed by atoms with Crippen LogP contribution < -0.4 is 10.2 Å². The van der Waals surface area contributed by atoms with Crippen molar-refractivity contribution in [1.82, 2.24) is 5.32 Å². The normalized spacial score (nSPS) is 22.1. The van der Waals surface area contributed by atoms with Crippen LogP contribution in [-0.2, 0) is 0 Å². The van der Waals surface area contributed by atoms with E-state index in [2.05, 4.69) is 71.2 Å². The Morgan fingerprint density at radius 2 is 2.25 bits per heavy atom. The molecule has 0 aliphatic carbocycles. The highest BCUT2D eigenvalue weighted by molar-refractivity contribution is 9.10. The molecule has 1 aromatic carbocycles. The van der Waals surface area contributed by atoms with Crippen LogP contribution in [0.2, 0.25) is 0 Å². The zero-order chi connectivity index (χ0) is 14.8. The molecule has 1 aliphatic rings. The van der Waals surface area contributed by atoms with E-state index in [1.165, 1.54) is 11.3 Å². The van der Waals surface area contributed by atoms with Crippen molar-refractivity contribution < 1.29 is 0 Å². The molecule has 0 spiro atoms. The van der Waals surface area contributed by atoms with E-state index in [0.717, 1.165) is 24.0 Å². The van der Waals surface area contributed by atoms with Crippen LogP contribution in [-0.4, -0.2) is 24.7 Å². The van der Waals surface area contributed by atoms with Crippen LogP contribution in [0.1, 0.15) is 32.3 Å². The Kier molecular flexibility index (Phi) is 4.72. The van der Waals surface area contributed by atoms with Crippen LogP contribution in [0, 0.1) is 18.3 Å². The minimum absolute atomic E-state index is 0.0947. The minimum Gasteiger partial charge on any atom is -0.365 e. The molecule has 1 aromatic rings. The molecule has 2 rings (SSSR count). The van der Waals surface area contributed by atoms with Gasteiger partial charge in [-0.15, -0.1) is 0 Å². The van der Waals surface area contributed by atoms with Gasteiger partial charge in [-0.2, -0.15) is 5.26 Å². The first-order chi connectivity index (χ1) is 9.44. The fourth-order valence-corrected chi connectivity index (χ4v) is 2.99. The minimum atomic E-state index is 0.0947. The van der Waals surface area contributed by atoms with Crippen molar-refractivity contribution in [2.75, 3.05) is 18.0 Å². The van der Waals surface area contributed by atoms with Crippen LogP contribution in [0.4, 0.5) is 5.69 Å². The molecule has 1 fully saturated rings. The number of nitriles is 1. The fraction of sp³-hybridized carbons (Fsp3) is 0.562. The van der Waals surface area contributed by atoms with Crippen molar-refractivity contribution in [3.05, 3.63) is 28.2 Å². The summed E-state index contributed by atoms with van der Waals surface area (Å²) >= 11 is 3.56. The Labute approximate surface area is 130 Å². The molecule has 1 N–H and O–H groups in total. The van der Waals surface area contributed by atoms with E-state index in [9.17, 15) is 0 Å². The standard InChI is InChI=1S/C16H22BrN3/c1-12-10-14(4-5-15(12)17)20-11-13(6-8-18)19-9-7-16(20,2)3/h4-5,10,13,19H,6-7,9,11H2,1-3H3. The third kappa shape index (κ3) is 3.34. The maximum atomic E-state index is 8.96. The van der Waals surface area contributed by atoms with E-state index >= 15 is 0 Å². The van der Waals surface area contributed by atoms with Crippen LogP contribution in [0.25, 0.3) is 0 Å². The molecule has 1 saturated heterocycles. The van der Waals surface area contributed by atoms with E-state index in [1.807, 2.05) is 0 Å². The number of halogens is 1. The number of rotatable bonds is 2. The maximum Gasteiger partial charge on any atom is 0.0638 e. The van der Waals surface area contributed by atoms with E-state index in [1.54, 1.807) is 0 Å². The Morgan fingerprint density at radius 3 is 2.90 bits per heavy atom. The van der Waals surface area contributed by atoms with Crippen LogP contribution >= 0.6 is 15.9 Å². The van der Waals surface area contributed by atoms with Gasteiger partial charge in [-0.1, -0.05) is 15.9 Å². The van der Waals surface area contributed by atoms with E-state index in [4.69, 9.17) is 5.26 Å². The van der Waals surface area contributed by atoms with E-state index in [-0.39, 0.29) is 11.6 Å². The molecule has 0 saturated carbocycles. The summed E-state index contributed by atoms with van der Waals surface area (Å²) in [5, 5.41) is 12.5. The summed E-state index contributed by atoms with van der Waals surface area (Å²) < 4.78 is 1.14. The molecule has 1 unspecified atom stereocenters. The van der Waals surface area contributed by atoms with Crippen molar-refractivity contribution in [3.8, 4) is 6.07 Å². The Balaban J connectivity index is 2.32. The summed E-state index contributed by atoms with van der Waals surface area (Å²) in [5.74, 6) is 0. The third-order valence-corrected chi connectivity index (χ3v) is 4.98. The molecule has 3 nitrogen and oxygen atoms in total. The zero-order valence-corrected chi connectivity index (χ0v) is 14.0. The Morgan fingerprint density at radius 1 is 1.50 bits per heavy atom. The van der Waals surface area contributed by atoms with E-state index in [0.29, 0.717) is 6.42 Å². The Hall–Kier alpha value is -1.05. The van der Waals surface area contributed by atoms with Gasteiger partial charge in [-0.3, -0.25) is 0 Å². The first-order valence-electron chi connectivity index (χ1n) is 7.08. The molecule has 1 heterocycles. The van der Waals surface area contributed by atoms with Crippen molar-refractivity contribution in [2.45, 2.75) is 45.2 Å². The molecule has 0 amide bonds. The summed E-state index contributed by atoms with van der Waals surface area (Å²) in [4.78, 5) is 2.44. The van der Waals surface area contributed by atoms with E-state index < -0.39 is 0 Å². The number of hydrogen-bond acceptors (Lipinski definition) is 3. The lowest BCUT2D eigenvalue weighted by molar-refractivity contribution is 0.452. The average Bonchev–Trinajstić information content (AvgIpc) is 2.52. The van der Waals surface area contributed by atoms with Gasteiger partial charge >= 0.3 is 0 Å². The summed E-state index contributed by atoms with van der Waals surface area (Å²) in [5.41, 5.74) is 2.58. The molecule has 1 aliphatic heterocycles. The lowest BCUT2D eigenvalue weighted by Crippen LogP contribution is -2.46. The molecule has 4 heteroatoms. The van der Waals surface area contributed by atoms with Gasteiger partial charge in [0, 0.05) is 28.3 Å². The van der Waals surface area contributed by atoms with Gasteiger partial charge in [-0.25, -0.2) is 0 Å². The second-order valence-electron chi connectivity index (χ2n) is 6.12. The first-order valence-corrected chi connectivity index (χ1v) is 7.87. The largest absolute Gasteiger partial charge is 0.365 e. The van der Waals surface area contributed by atoms with Crippen LogP contribution in [0.3, 0.4) is 0 Å². The number of anilines is 1. The third-order valence-electron chi connectivity index (χ3n) is 4.09. The number of hydrogen-bond donors (Lipinski definition) is 1. The smallest absolute Gasteiger partial charge is 0.0638 e. The van der Waals surface area contributed by atoms with Gasteiger partial charge in [0.1, 0.15) is 0 Å². The topological polar surface area (TPSA) is 39.1 Å². The lowest BCUT2D eigenvalue weighted by atomic mass is 9.97. The summed E-state index contributed by atoms with van der Waals surface area (Å²) in [6.45, 7) is 8.51. The highest BCUT2D eigenvalue weighted by atomic mass is 79.9.